The standard InChI is InChI=1S/C8H6O2.2C7H13NO/c9-5-7-2-1-3-8(4-7)6-10;2*1-8(9)7-5-3-2-4-6-7/h1-6H;2*7H,1-6H2. The maximum absolute atomic E-state index is 10.6. The summed E-state index contributed by atoms with van der Waals surface area (Å²) in [7, 11) is 0. The van der Waals surface area contributed by atoms with E-state index in [4.69, 9.17) is 0 Å². The molecule has 0 radical (unpaired) electrons. The molecule has 2 aliphatic carbocycles. The number of aldehydes is 2. The molecule has 28 heavy (non-hydrogen) atoms. The number of hydroxylamine groups is 2. The van der Waals surface area contributed by atoms with E-state index in [0.29, 0.717) is 23.7 Å². The van der Waals surface area contributed by atoms with Crippen LogP contribution in [0.3, 0.4) is 0 Å². The highest BCUT2D eigenvalue weighted by Crippen LogP contribution is 2.19. The molecule has 0 unspecified atom stereocenters. The minimum Gasteiger partial charge on any atom is -0.624 e. The molecule has 2 fully saturated rings. The Morgan fingerprint density at radius 2 is 1.11 bits per heavy atom. The molecular formula is C22H32N2O4. The average Bonchev–Trinajstić information content (AvgIpc) is 2.76. The van der Waals surface area contributed by atoms with E-state index in [2.05, 4.69) is 13.4 Å². The summed E-state index contributed by atoms with van der Waals surface area (Å²) in [6, 6.07) is 6.96. The van der Waals surface area contributed by atoms with Crippen molar-refractivity contribution in [1.29, 1.82) is 0 Å². The Morgan fingerprint density at radius 3 is 1.36 bits per heavy atom. The van der Waals surface area contributed by atoms with Gasteiger partial charge >= 0.3 is 0 Å². The fourth-order valence-corrected chi connectivity index (χ4v) is 3.44. The van der Waals surface area contributed by atoms with Crippen molar-refractivity contribution in [2.24, 2.45) is 0 Å². The van der Waals surface area contributed by atoms with Gasteiger partial charge in [-0.15, -0.1) is 0 Å². The van der Waals surface area contributed by atoms with Gasteiger partial charge in [-0.25, -0.2) is 9.48 Å². The Hall–Kier alpha value is -2.50. The first-order chi connectivity index (χ1) is 13.5. The molecule has 2 saturated carbocycles. The van der Waals surface area contributed by atoms with E-state index < -0.39 is 0 Å². The fourth-order valence-electron chi connectivity index (χ4n) is 3.44. The zero-order chi connectivity index (χ0) is 20.8. The molecule has 3 rings (SSSR count). The van der Waals surface area contributed by atoms with Crippen LogP contribution in [0.5, 0.6) is 0 Å². The lowest BCUT2D eigenvalue weighted by atomic mass is 9.96. The second-order valence-electron chi connectivity index (χ2n) is 7.32. The normalized spacial score (nSPS) is 17.1. The van der Waals surface area contributed by atoms with Crippen LogP contribution >= 0.6 is 0 Å². The van der Waals surface area contributed by atoms with E-state index in [1.54, 1.807) is 24.3 Å². The summed E-state index contributed by atoms with van der Waals surface area (Å²) in [4.78, 5) is 20.3. The first kappa shape index (κ1) is 23.5. The van der Waals surface area contributed by atoms with Gasteiger partial charge in [0.05, 0.1) is 0 Å². The van der Waals surface area contributed by atoms with Crippen LogP contribution in [-0.2, 0) is 0 Å². The third kappa shape index (κ3) is 9.44. The maximum Gasteiger partial charge on any atom is 0.162 e. The summed E-state index contributed by atoms with van der Waals surface area (Å²) in [5.74, 6) is 0. The highest BCUT2D eigenvalue weighted by atomic mass is 16.5. The Kier molecular flexibility index (Phi) is 11.5. The van der Waals surface area contributed by atoms with Crippen LogP contribution in [0, 0.1) is 10.4 Å². The van der Waals surface area contributed by atoms with Crippen LogP contribution in [0.2, 0.25) is 0 Å². The van der Waals surface area contributed by atoms with Crippen LogP contribution < -0.4 is 0 Å². The van der Waals surface area contributed by atoms with Gasteiger partial charge in [0.1, 0.15) is 26.0 Å². The highest BCUT2D eigenvalue weighted by Gasteiger charge is 2.18. The molecule has 0 aliphatic heterocycles. The van der Waals surface area contributed by atoms with Crippen molar-refractivity contribution in [2.45, 2.75) is 76.3 Å². The molecule has 0 N–H and O–H groups in total. The summed E-state index contributed by atoms with van der Waals surface area (Å²) in [6.45, 7) is 6.68. The van der Waals surface area contributed by atoms with Gasteiger partial charge in [0.2, 0.25) is 0 Å². The van der Waals surface area contributed by atoms with Crippen LogP contribution in [0.25, 0.3) is 0 Å². The Balaban J connectivity index is 0.000000210. The van der Waals surface area contributed by atoms with Crippen LogP contribution in [0.1, 0.15) is 84.9 Å². The average molecular weight is 389 g/mol. The molecule has 0 amide bonds. The fraction of sp³-hybridized carbons (Fsp3) is 0.545. The van der Waals surface area contributed by atoms with E-state index in [1.165, 1.54) is 38.5 Å². The second kappa shape index (κ2) is 13.6. The molecule has 0 bridgehead atoms. The zero-order valence-electron chi connectivity index (χ0n) is 16.6. The minimum atomic E-state index is 0.221. The van der Waals surface area contributed by atoms with Gasteiger partial charge in [-0.1, -0.05) is 31.0 Å². The zero-order valence-corrected chi connectivity index (χ0v) is 16.6. The van der Waals surface area contributed by atoms with E-state index in [1.807, 2.05) is 0 Å². The number of hydrogen-bond donors (Lipinski definition) is 0. The number of hydrogen-bond acceptors (Lipinski definition) is 4. The Morgan fingerprint density at radius 1 is 0.750 bits per heavy atom. The van der Waals surface area contributed by atoms with Crippen molar-refractivity contribution < 1.29 is 19.1 Å². The highest BCUT2D eigenvalue weighted by molar-refractivity contribution is 5.81. The molecule has 0 saturated heterocycles. The molecule has 6 heteroatoms. The van der Waals surface area contributed by atoms with E-state index >= 15 is 0 Å². The van der Waals surface area contributed by atoms with Crippen molar-refractivity contribution in [3.8, 4) is 0 Å². The van der Waals surface area contributed by atoms with E-state index in [-0.39, 0.29) is 12.1 Å². The number of carbonyl (C=O) groups excluding carboxylic acids is 2. The topological polar surface area (TPSA) is 86.3 Å². The lowest BCUT2D eigenvalue weighted by molar-refractivity contribution is -0.497. The number of carbonyl (C=O) groups is 2. The number of benzene rings is 1. The molecule has 0 atom stereocenters. The lowest BCUT2D eigenvalue weighted by Gasteiger charge is -2.19. The quantitative estimate of drug-likeness (QED) is 0.252. The lowest BCUT2D eigenvalue weighted by Crippen LogP contribution is -2.22. The molecule has 1 aromatic carbocycles. The monoisotopic (exact) mass is 388 g/mol. The van der Waals surface area contributed by atoms with E-state index in [9.17, 15) is 20.0 Å². The molecule has 0 aromatic heterocycles. The Bertz CT molecular complexity index is 582. The number of nitrogens with zero attached hydrogens (tertiary/aromatic N) is 2. The first-order valence-corrected chi connectivity index (χ1v) is 10.0. The summed E-state index contributed by atoms with van der Waals surface area (Å²) in [5.41, 5.74) is 1.06. The summed E-state index contributed by atoms with van der Waals surface area (Å²) < 4.78 is 1.72. The molecule has 2 aliphatic rings. The minimum absolute atomic E-state index is 0.221. The van der Waals surface area contributed by atoms with Crippen molar-refractivity contribution in [3.05, 3.63) is 45.8 Å². The molecule has 0 spiro atoms. The van der Waals surface area contributed by atoms with Gasteiger partial charge in [-0.3, -0.25) is 9.59 Å². The van der Waals surface area contributed by atoms with Gasteiger partial charge < -0.3 is 10.4 Å². The summed E-state index contributed by atoms with van der Waals surface area (Å²) >= 11 is 0. The molecule has 1 aromatic rings. The maximum atomic E-state index is 10.6. The van der Waals surface area contributed by atoms with Crippen molar-refractivity contribution >= 4 is 26.0 Å². The summed E-state index contributed by atoms with van der Waals surface area (Å²) in [5, 5.41) is 21.2. The van der Waals surface area contributed by atoms with Crippen molar-refractivity contribution in [2.75, 3.05) is 0 Å². The van der Waals surface area contributed by atoms with Crippen LogP contribution in [-0.4, -0.2) is 47.6 Å². The first-order valence-electron chi connectivity index (χ1n) is 10.0. The molecule has 6 nitrogen and oxygen atoms in total. The predicted molar refractivity (Wildman–Crippen MR) is 112 cm³/mol. The van der Waals surface area contributed by atoms with E-state index in [0.717, 1.165) is 35.2 Å². The second-order valence-corrected chi connectivity index (χ2v) is 7.32. The molecule has 0 heterocycles. The van der Waals surface area contributed by atoms with Gasteiger partial charge in [0.15, 0.2) is 12.1 Å². The van der Waals surface area contributed by atoms with Gasteiger partial charge in [-0.05, 0) is 31.7 Å². The van der Waals surface area contributed by atoms with Gasteiger partial charge in [0.25, 0.3) is 0 Å². The third-order valence-corrected chi connectivity index (χ3v) is 5.15. The van der Waals surface area contributed by atoms with Crippen LogP contribution in [0.15, 0.2) is 24.3 Å². The SMILES string of the molecule is C=[N+]([O-])C1CCCCC1.C=[N+]([O-])C1CCCCC1.O=Cc1cccc(C=O)c1. The van der Waals surface area contributed by atoms with Gasteiger partial charge in [-0.2, -0.15) is 0 Å². The third-order valence-electron chi connectivity index (χ3n) is 5.15. The van der Waals surface area contributed by atoms with Gasteiger partial charge in [0, 0.05) is 36.8 Å². The van der Waals surface area contributed by atoms with Crippen molar-refractivity contribution in [1.82, 2.24) is 0 Å². The summed E-state index contributed by atoms with van der Waals surface area (Å²) in [6.07, 6.45) is 13.0. The smallest absolute Gasteiger partial charge is 0.162 e. The Labute approximate surface area is 167 Å². The predicted octanol–water partition coefficient (Wildman–Crippen LogP) is 4.37. The number of rotatable bonds is 4. The molecule has 154 valence electrons. The largest absolute Gasteiger partial charge is 0.624 e. The molecular weight excluding hydrogens is 356 g/mol. The van der Waals surface area contributed by atoms with Crippen LogP contribution in [0.4, 0.5) is 0 Å². The van der Waals surface area contributed by atoms with Crippen molar-refractivity contribution in [3.63, 3.8) is 0 Å².